The molecule has 2 aromatic carbocycles. The van der Waals surface area contributed by atoms with Gasteiger partial charge < -0.3 is 4.84 Å². The van der Waals surface area contributed by atoms with Gasteiger partial charge in [0.05, 0.1) is 16.3 Å². The van der Waals surface area contributed by atoms with Crippen LogP contribution in [-0.4, -0.2) is 12.0 Å². The molecule has 2 rings (SSSR count). The monoisotopic (exact) mass is 321 g/mol. The summed E-state index contributed by atoms with van der Waals surface area (Å²) in [6.07, 6.45) is 1.65. The second-order valence-electron chi connectivity index (χ2n) is 4.30. The lowest BCUT2D eigenvalue weighted by Crippen LogP contribution is -1.99. The molecule has 5 heteroatoms. The van der Waals surface area contributed by atoms with Gasteiger partial charge in [-0.25, -0.2) is 0 Å². The highest BCUT2D eigenvalue weighted by Crippen LogP contribution is 2.22. The predicted octanol–water partition coefficient (Wildman–Crippen LogP) is 4.77. The highest BCUT2D eigenvalue weighted by Gasteiger charge is 2.02. The van der Waals surface area contributed by atoms with Crippen molar-refractivity contribution in [2.75, 3.05) is 0 Å². The molecule has 0 fully saturated rings. The van der Waals surface area contributed by atoms with Gasteiger partial charge in [0.2, 0.25) is 0 Å². The van der Waals surface area contributed by atoms with Crippen LogP contribution in [0.5, 0.6) is 0 Å². The van der Waals surface area contributed by atoms with Gasteiger partial charge in [-0.05, 0) is 17.7 Å². The summed E-state index contributed by atoms with van der Waals surface area (Å²) in [5, 5.41) is 4.73. The third kappa shape index (κ3) is 4.88. The van der Waals surface area contributed by atoms with Gasteiger partial charge in [0.1, 0.15) is 6.61 Å². The van der Waals surface area contributed by atoms with Crippen molar-refractivity contribution in [1.29, 1.82) is 0 Å². The summed E-state index contributed by atoms with van der Waals surface area (Å²) in [6.45, 7) is 0.271. The molecular formula is C16H13Cl2NO2. The molecule has 0 heterocycles. The first-order valence-corrected chi connectivity index (χ1v) is 7.08. The summed E-state index contributed by atoms with van der Waals surface area (Å²) in [7, 11) is 0. The first-order chi connectivity index (χ1) is 10.2. The average Bonchev–Trinajstić information content (AvgIpc) is 2.51. The van der Waals surface area contributed by atoms with E-state index in [1.165, 1.54) is 6.21 Å². The number of halogens is 2. The van der Waals surface area contributed by atoms with Crippen molar-refractivity contribution >= 4 is 35.2 Å². The Bertz CT molecular complexity index is 642. The van der Waals surface area contributed by atoms with Crippen molar-refractivity contribution in [2.45, 2.75) is 13.0 Å². The molecule has 0 saturated carbocycles. The number of carbonyl (C=O) groups is 1. The summed E-state index contributed by atoms with van der Waals surface area (Å²) >= 11 is 11.7. The topological polar surface area (TPSA) is 38.7 Å². The Kier molecular flexibility index (Phi) is 5.78. The van der Waals surface area contributed by atoms with Crippen molar-refractivity contribution in [3.05, 3.63) is 69.7 Å². The maximum atomic E-state index is 11.8. The number of Topliss-reactive ketones (excluding diaryl/α,β-unsaturated/α-hetero) is 1. The Hall–Kier alpha value is -1.84. The van der Waals surface area contributed by atoms with Crippen LogP contribution >= 0.6 is 23.2 Å². The summed E-state index contributed by atoms with van der Waals surface area (Å²) in [5.74, 6) is -0.00233. The predicted molar refractivity (Wildman–Crippen MR) is 85.1 cm³/mol. The second-order valence-corrected chi connectivity index (χ2v) is 5.12. The Morgan fingerprint density at radius 3 is 2.57 bits per heavy atom. The summed E-state index contributed by atoms with van der Waals surface area (Å²) in [5.41, 5.74) is 1.52. The Balaban J connectivity index is 1.78. The lowest BCUT2D eigenvalue weighted by Gasteiger charge is -2.01. The molecule has 3 nitrogen and oxygen atoms in total. The molecule has 0 radical (unpaired) electrons. The first kappa shape index (κ1) is 15.5. The first-order valence-electron chi connectivity index (χ1n) is 6.33. The van der Waals surface area contributed by atoms with E-state index < -0.39 is 0 Å². The van der Waals surface area contributed by atoms with Crippen LogP contribution in [0, 0.1) is 0 Å². The Labute approximate surface area is 133 Å². The highest BCUT2D eigenvalue weighted by molar-refractivity contribution is 6.42. The zero-order chi connectivity index (χ0) is 15.1. The number of benzene rings is 2. The van der Waals surface area contributed by atoms with Gasteiger partial charge in [-0.1, -0.05) is 64.8 Å². The normalized spacial score (nSPS) is 10.8. The number of oxime groups is 1. The number of nitrogens with zero attached hydrogens (tertiary/aromatic N) is 1. The van der Waals surface area contributed by atoms with Crippen LogP contribution in [0.1, 0.15) is 22.3 Å². The van der Waals surface area contributed by atoms with E-state index in [4.69, 9.17) is 28.0 Å². The largest absolute Gasteiger partial charge is 0.391 e. The zero-order valence-corrected chi connectivity index (χ0v) is 12.6. The molecule has 0 aromatic heterocycles. The minimum absolute atomic E-state index is 0.00233. The van der Waals surface area contributed by atoms with E-state index in [1.54, 1.807) is 30.3 Å². The quantitative estimate of drug-likeness (QED) is 0.436. The molecule has 0 spiro atoms. The molecule has 2 aromatic rings. The molecule has 0 saturated heterocycles. The SMILES string of the molecule is O=C(C/C=N\OCc1ccc(Cl)c(Cl)c1)c1ccccc1. The van der Waals surface area contributed by atoms with Crippen molar-refractivity contribution in [1.82, 2.24) is 0 Å². The second kappa shape index (κ2) is 7.81. The highest BCUT2D eigenvalue weighted by atomic mass is 35.5. The Morgan fingerprint density at radius 1 is 1.10 bits per heavy atom. The number of hydrogen-bond acceptors (Lipinski definition) is 3. The van der Waals surface area contributed by atoms with Crippen molar-refractivity contribution < 1.29 is 9.63 Å². The lowest BCUT2D eigenvalue weighted by atomic mass is 10.1. The van der Waals surface area contributed by atoms with Gasteiger partial charge in [0.25, 0.3) is 0 Å². The molecule has 21 heavy (non-hydrogen) atoms. The summed E-state index contributed by atoms with van der Waals surface area (Å²) in [6, 6.07) is 14.3. The van der Waals surface area contributed by atoms with Crippen LogP contribution in [0.2, 0.25) is 10.0 Å². The lowest BCUT2D eigenvalue weighted by molar-refractivity contribution is 0.0996. The van der Waals surface area contributed by atoms with E-state index in [-0.39, 0.29) is 18.8 Å². The van der Waals surface area contributed by atoms with Gasteiger partial charge in [-0.15, -0.1) is 0 Å². The molecule has 108 valence electrons. The molecule has 0 aliphatic heterocycles. The van der Waals surface area contributed by atoms with Crippen LogP contribution in [0.25, 0.3) is 0 Å². The van der Waals surface area contributed by atoms with Gasteiger partial charge >= 0.3 is 0 Å². The van der Waals surface area contributed by atoms with E-state index >= 15 is 0 Å². The molecular weight excluding hydrogens is 309 g/mol. The number of hydrogen-bond donors (Lipinski definition) is 0. The number of rotatable bonds is 6. The van der Waals surface area contributed by atoms with E-state index in [1.807, 2.05) is 18.2 Å². The fourth-order valence-electron chi connectivity index (χ4n) is 1.66. The number of carbonyl (C=O) groups excluding carboxylic acids is 1. The van der Waals surface area contributed by atoms with Crippen LogP contribution in [0.15, 0.2) is 53.7 Å². The van der Waals surface area contributed by atoms with Gasteiger partial charge in [-0.2, -0.15) is 0 Å². The minimum atomic E-state index is -0.00233. The molecule has 0 aliphatic carbocycles. The third-order valence-electron chi connectivity index (χ3n) is 2.74. The molecule has 0 amide bonds. The molecule has 0 N–H and O–H groups in total. The van der Waals surface area contributed by atoms with E-state index in [2.05, 4.69) is 5.16 Å². The molecule has 0 aliphatic rings. The van der Waals surface area contributed by atoms with Crippen molar-refractivity contribution in [2.24, 2.45) is 5.16 Å². The maximum Gasteiger partial charge on any atom is 0.168 e. The van der Waals surface area contributed by atoms with Crippen LogP contribution in [-0.2, 0) is 11.4 Å². The fourth-order valence-corrected chi connectivity index (χ4v) is 1.98. The van der Waals surface area contributed by atoms with Crippen molar-refractivity contribution in [3.8, 4) is 0 Å². The molecule has 0 atom stereocenters. The van der Waals surface area contributed by atoms with Gasteiger partial charge in [0.15, 0.2) is 5.78 Å². The van der Waals surface area contributed by atoms with E-state index in [0.29, 0.717) is 15.6 Å². The standard InChI is InChI=1S/C16H13Cl2NO2/c17-14-7-6-12(10-15(14)18)11-21-19-9-8-16(20)13-4-2-1-3-5-13/h1-7,9-10H,8,11H2/b19-9-. The number of ketones is 1. The van der Waals surface area contributed by atoms with E-state index in [9.17, 15) is 4.79 Å². The molecule has 0 unspecified atom stereocenters. The summed E-state index contributed by atoms with van der Waals surface area (Å²) in [4.78, 5) is 16.9. The maximum absolute atomic E-state index is 11.8. The fraction of sp³-hybridized carbons (Fsp3) is 0.125. The molecule has 0 bridgehead atoms. The summed E-state index contributed by atoms with van der Waals surface area (Å²) < 4.78 is 0. The van der Waals surface area contributed by atoms with Crippen LogP contribution < -0.4 is 0 Å². The smallest absolute Gasteiger partial charge is 0.168 e. The van der Waals surface area contributed by atoms with Crippen LogP contribution in [0.4, 0.5) is 0 Å². The third-order valence-corrected chi connectivity index (χ3v) is 3.48. The Morgan fingerprint density at radius 2 is 1.86 bits per heavy atom. The minimum Gasteiger partial charge on any atom is -0.391 e. The van der Waals surface area contributed by atoms with E-state index in [0.717, 1.165) is 5.56 Å². The average molecular weight is 322 g/mol. The van der Waals surface area contributed by atoms with Gasteiger partial charge in [-0.3, -0.25) is 4.79 Å². The van der Waals surface area contributed by atoms with Crippen LogP contribution in [0.3, 0.4) is 0 Å². The van der Waals surface area contributed by atoms with Gasteiger partial charge in [0, 0.05) is 12.0 Å². The zero-order valence-electron chi connectivity index (χ0n) is 11.1. The van der Waals surface area contributed by atoms with Crippen molar-refractivity contribution in [3.63, 3.8) is 0 Å².